The molecule has 1 fully saturated rings. The van der Waals surface area contributed by atoms with Gasteiger partial charge in [-0.05, 0) is 63.1 Å². The second-order valence-corrected chi connectivity index (χ2v) is 6.97. The van der Waals surface area contributed by atoms with Crippen LogP contribution in [-0.4, -0.2) is 29.3 Å². The first-order valence-electron chi connectivity index (χ1n) is 8.40. The lowest BCUT2D eigenvalue weighted by Gasteiger charge is -2.24. The number of anilines is 1. The van der Waals surface area contributed by atoms with Gasteiger partial charge in [0, 0.05) is 22.8 Å². The van der Waals surface area contributed by atoms with Gasteiger partial charge in [0.05, 0.1) is 0 Å². The number of amides is 2. The first-order chi connectivity index (χ1) is 11.9. The molecule has 2 aromatic carbocycles. The molecule has 0 aliphatic carbocycles. The maximum atomic E-state index is 12.9. The largest absolute Gasteiger partial charge is 0.327 e. The van der Waals surface area contributed by atoms with Crippen LogP contribution in [0.4, 0.5) is 5.69 Å². The van der Waals surface area contributed by atoms with Gasteiger partial charge in [0.15, 0.2) is 0 Å². The molecule has 2 amide bonds. The van der Waals surface area contributed by atoms with E-state index in [0.29, 0.717) is 29.2 Å². The third-order valence-corrected chi connectivity index (χ3v) is 4.65. The number of rotatable bonds is 3. The highest BCUT2D eigenvalue weighted by atomic mass is 35.5. The minimum atomic E-state index is -0.441. The number of carbonyl (C=O) groups excluding carboxylic acids is 2. The molecule has 1 heterocycles. The van der Waals surface area contributed by atoms with Crippen LogP contribution in [0.1, 0.15) is 34.3 Å². The highest BCUT2D eigenvalue weighted by Gasteiger charge is 2.34. The first kappa shape index (κ1) is 17.5. The number of benzene rings is 2. The zero-order valence-electron chi connectivity index (χ0n) is 14.4. The summed E-state index contributed by atoms with van der Waals surface area (Å²) >= 11 is 5.87. The summed E-state index contributed by atoms with van der Waals surface area (Å²) in [6.45, 7) is 4.54. The predicted molar refractivity (Wildman–Crippen MR) is 100 cm³/mol. The molecule has 1 atom stereocenters. The van der Waals surface area contributed by atoms with Crippen LogP contribution in [0.25, 0.3) is 0 Å². The van der Waals surface area contributed by atoms with E-state index in [1.54, 1.807) is 29.2 Å². The third kappa shape index (κ3) is 4.02. The summed E-state index contributed by atoms with van der Waals surface area (Å²) in [5.74, 6) is -0.238. The van der Waals surface area contributed by atoms with Crippen LogP contribution in [-0.2, 0) is 4.79 Å². The van der Waals surface area contributed by atoms with Crippen LogP contribution >= 0.6 is 11.6 Å². The average molecular weight is 357 g/mol. The van der Waals surface area contributed by atoms with Crippen LogP contribution < -0.4 is 5.32 Å². The van der Waals surface area contributed by atoms with Crippen molar-refractivity contribution < 1.29 is 9.59 Å². The third-order valence-electron chi connectivity index (χ3n) is 4.40. The van der Waals surface area contributed by atoms with E-state index in [4.69, 9.17) is 11.6 Å². The second kappa shape index (κ2) is 7.28. The minimum Gasteiger partial charge on any atom is -0.327 e. The Balaban J connectivity index is 1.76. The zero-order valence-corrected chi connectivity index (χ0v) is 15.1. The van der Waals surface area contributed by atoms with E-state index in [1.807, 2.05) is 32.0 Å². The Bertz CT molecular complexity index is 782. The Morgan fingerprint density at radius 1 is 1.08 bits per heavy atom. The van der Waals surface area contributed by atoms with Gasteiger partial charge in [-0.2, -0.15) is 0 Å². The van der Waals surface area contributed by atoms with Crippen LogP contribution in [0.3, 0.4) is 0 Å². The van der Waals surface area contributed by atoms with Crippen molar-refractivity contribution in [1.29, 1.82) is 0 Å². The van der Waals surface area contributed by atoms with E-state index in [0.717, 1.165) is 17.5 Å². The highest BCUT2D eigenvalue weighted by molar-refractivity contribution is 6.30. The van der Waals surface area contributed by atoms with Gasteiger partial charge in [0.25, 0.3) is 5.91 Å². The lowest BCUT2D eigenvalue weighted by molar-refractivity contribution is -0.119. The Morgan fingerprint density at radius 3 is 2.36 bits per heavy atom. The molecule has 0 radical (unpaired) electrons. The molecule has 0 saturated carbocycles. The SMILES string of the molecule is Cc1cc(C)cc(C(=O)N2CCCC2C(=O)Nc2ccc(Cl)cc2)c1. The molecule has 1 unspecified atom stereocenters. The molecule has 1 aliphatic heterocycles. The van der Waals surface area contributed by atoms with Gasteiger partial charge in [-0.1, -0.05) is 28.8 Å². The zero-order chi connectivity index (χ0) is 18.0. The fourth-order valence-electron chi connectivity index (χ4n) is 3.31. The van der Waals surface area contributed by atoms with Crippen LogP contribution in [0.2, 0.25) is 5.02 Å². The fraction of sp³-hybridized carbons (Fsp3) is 0.300. The van der Waals surface area contributed by atoms with E-state index in [1.165, 1.54) is 0 Å². The number of aryl methyl sites for hydroxylation is 2. The molecule has 1 aliphatic rings. The van der Waals surface area contributed by atoms with Gasteiger partial charge < -0.3 is 10.2 Å². The van der Waals surface area contributed by atoms with Crippen molar-refractivity contribution in [1.82, 2.24) is 4.90 Å². The van der Waals surface area contributed by atoms with E-state index < -0.39 is 6.04 Å². The molecular formula is C20H21ClN2O2. The van der Waals surface area contributed by atoms with Crippen molar-refractivity contribution >= 4 is 29.1 Å². The standard InChI is InChI=1S/C20H21ClN2O2/c1-13-10-14(2)12-15(11-13)20(25)23-9-3-4-18(23)19(24)22-17-7-5-16(21)6-8-17/h5-8,10-12,18H,3-4,9H2,1-2H3,(H,22,24). The molecule has 3 rings (SSSR count). The van der Waals surface area contributed by atoms with Gasteiger partial charge >= 0.3 is 0 Å². The lowest BCUT2D eigenvalue weighted by atomic mass is 10.1. The highest BCUT2D eigenvalue weighted by Crippen LogP contribution is 2.23. The minimum absolute atomic E-state index is 0.0828. The van der Waals surface area contributed by atoms with Crippen molar-refractivity contribution in [3.05, 3.63) is 64.2 Å². The van der Waals surface area contributed by atoms with Crippen molar-refractivity contribution in [2.75, 3.05) is 11.9 Å². The van der Waals surface area contributed by atoms with Crippen LogP contribution in [0.15, 0.2) is 42.5 Å². The summed E-state index contributed by atoms with van der Waals surface area (Å²) in [6.07, 6.45) is 1.51. The molecule has 2 aromatic rings. The molecule has 130 valence electrons. The number of hydrogen-bond donors (Lipinski definition) is 1. The van der Waals surface area contributed by atoms with E-state index >= 15 is 0 Å². The van der Waals surface area contributed by atoms with Crippen LogP contribution in [0, 0.1) is 13.8 Å². The molecular weight excluding hydrogens is 336 g/mol. The summed E-state index contributed by atoms with van der Waals surface area (Å²) in [7, 11) is 0. The first-order valence-corrected chi connectivity index (χ1v) is 8.77. The number of halogens is 1. The Labute approximate surface area is 152 Å². The fourth-order valence-corrected chi connectivity index (χ4v) is 3.43. The topological polar surface area (TPSA) is 49.4 Å². The molecule has 0 aromatic heterocycles. The van der Waals surface area contributed by atoms with Gasteiger partial charge in [-0.15, -0.1) is 0 Å². The Kier molecular flexibility index (Phi) is 5.09. The maximum Gasteiger partial charge on any atom is 0.254 e. The molecule has 0 spiro atoms. The molecule has 0 bridgehead atoms. The van der Waals surface area contributed by atoms with E-state index in [-0.39, 0.29) is 11.8 Å². The number of nitrogens with zero attached hydrogens (tertiary/aromatic N) is 1. The smallest absolute Gasteiger partial charge is 0.254 e. The summed E-state index contributed by atoms with van der Waals surface area (Å²) in [6, 6.07) is 12.3. The lowest BCUT2D eigenvalue weighted by Crippen LogP contribution is -2.43. The van der Waals surface area contributed by atoms with Crippen molar-refractivity contribution in [2.45, 2.75) is 32.7 Å². The molecule has 25 heavy (non-hydrogen) atoms. The number of likely N-dealkylation sites (tertiary alicyclic amines) is 1. The van der Waals surface area contributed by atoms with E-state index in [2.05, 4.69) is 5.32 Å². The summed E-state index contributed by atoms with van der Waals surface area (Å²) in [5, 5.41) is 3.49. The number of carbonyl (C=O) groups is 2. The van der Waals surface area contributed by atoms with Crippen molar-refractivity contribution in [2.24, 2.45) is 0 Å². The van der Waals surface area contributed by atoms with Gasteiger partial charge in [-0.25, -0.2) is 0 Å². The average Bonchev–Trinajstić information content (AvgIpc) is 3.05. The molecule has 1 saturated heterocycles. The van der Waals surface area contributed by atoms with Gasteiger partial charge in [-0.3, -0.25) is 9.59 Å². The summed E-state index contributed by atoms with van der Waals surface area (Å²) < 4.78 is 0. The summed E-state index contributed by atoms with van der Waals surface area (Å²) in [4.78, 5) is 27.2. The number of nitrogens with one attached hydrogen (secondary N) is 1. The van der Waals surface area contributed by atoms with E-state index in [9.17, 15) is 9.59 Å². The quantitative estimate of drug-likeness (QED) is 0.896. The maximum absolute atomic E-state index is 12.9. The Hall–Kier alpha value is -2.33. The number of hydrogen-bond acceptors (Lipinski definition) is 2. The van der Waals surface area contributed by atoms with Crippen molar-refractivity contribution in [3.63, 3.8) is 0 Å². The van der Waals surface area contributed by atoms with Gasteiger partial charge in [0.2, 0.25) is 5.91 Å². The molecule has 1 N–H and O–H groups in total. The monoisotopic (exact) mass is 356 g/mol. The summed E-state index contributed by atoms with van der Waals surface area (Å²) in [5.41, 5.74) is 3.42. The molecule has 4 nitrogen and oxygen atoms in total. The normalized spacial score (nSPS) is 16.8. The van der Waals surface area contributed by atoms with Crippen LogP contribution in [0.5, 0.6) is 0 Å². The van der Waals surface area contributed by atoms with Gasteiger partial charge in [0.1, 0.15) is 6.04 Å². The van der Waals surface area contributed by atoms with Crippen molar-refractivity contribution in [3.8, 4) is 0 Å². The Morgan fingerprint density at radius 2 is 1.72 bits per heavy atom. The molecule has 5 heteroatoms. The second-order valence-electron chi connectivity index (χ2n) is 6.53. The predicted octanol–water partition coefficient (Wildman–Crippen LogP) is 4.20.